The number of hydrogen-bond acceptors (Lipinski definition) is 4. The van der Waals surface area contributed by atoms with Crippen molar-refractivity contribution in [2.75, 3.05) is 20.2 Å². The summed E-state index contributed by atoms with van der Waals surface area (Å²) >= 11 is 3.32. The fourth-order valence-corrected chi connectivity index (χ4v) is 1.81. The van der Waals surface area contributed by atoms with E-state index in [9.17, 15) is 5.11 Å². The summed E-state index contributed by atoms with van der Waals surface area (Å²) in [7, 11) is 1.55. The Morgan fingerprint density at radius 1 is 1.64 bits per heavy atom. The van der Waals surface area contributed by atoms with Gasteiger partial charge in [-0.2, -0.15) is 0 Å². The molecule has 1 aliphatic rings. The van der Waals surface area contributed by atoms with Crippen molar-refractivity contribution in [2.45, 2.75) is 5.60 Å². The molecular weight excluding hydrogens is 248 g/mol. The van der Waals surface area contributed by atoms with E-state index in [2.05, 4.69) is 26.2 Å². The van der Waals surface area contributed by atoms with Gasteiger partial charge in [-0.05, 0) is 22.0 Å². The summed E-state index contributed by atoms with van der Waals surface area (Å²) in [5, 5.41) is 13.1. The van der Waals surface area contributed by atoms with Gasteiger partial charge in [-0.15, -0.1) is 0 Å². The minimum Gasteiger partial charge on any atom is -0.481 e. The largest absolute Gasteiger partial charge is 0.481 e. The number of rotatable bonds is 2. The second-order valence-electron chi connectivity index (χ2n) is 3.35. The number of aliphatic hydroxyl groups is 1. The van der Waals surface area contributed by atoms with Crippen molar-refractivity contribution < 1.29 is 9.84 Å². The van der Waals surface area contributed by atoms with Crippen molar-refractivity contribution in [3.63, 3.8) is 0 Å². The van der Waals surface area contributed by atoms with Crippen LogP contribution in [0.3, 0.4) is 0 Å². The fourth-order valence-electron chi connectivity index (χ4n) is 1.48. The number of methoxy groups -OCH3 is 1. The average molecular weight is 259 g/mol. The number of hydrogen-bond donors (Lipinski definition) is 2. The van der Waals surface area contributed by atoms with Crippen molar-refractivity contribution in [1.29, 1.82) is 0 Å². The lowest BCUT2D eigenvalue weighted by Gasteiger charge is -2.38. The SMILES string of the molecule is COc1ncc(Br)cc1C1(O)CNC1. The standard InChI is InChI=1S/C9H11BrN2O2/c1-14-8-7(2-6(10)3-12-8)9(13)4-11-5-9/h2-3,11,13H,4-5H2,1H3. The maximum absolute atomic E-state index is 10.1. The number of nitrogens with one attached hydrogen (secondary N) is 1. The van der Waals surface area contributed by atoms with E-state index in [1.807, 2.05) is 6.07 Å². The van der Waals surface area contributed by atoms with Gasteiger partial charge in [0.1, 0.15) is 5.60 Å². The molecule has 0 amide bonds. The van der Waals surface area contributed by atoms with E-state index in [0.29, 0.717) is 19.0 Å². The molecule has 1 aromatic rings. The Hall–Kier alpha value is -0.650. The number of pyridine rings is 1. The lowest BCUT2D eigenvalue weighted by Crippen LogP contribution is -2.56. The van der Waals surface area contributed by atoms with Gasteiger partial charge in [0, 0.05) is 29.3 Å². The number of ether oxygens (including phenoxy) is 1. The molecular formula is C9H11BrN2O2. The third kappa shape index (κ3) is 1.51. The minimum absolute atomic E-state index is 0.484. The van der Waals surface area contributed by atoms with Gasteiger partial charge in [0.05, 0.1) is 7.11 Å². The van der Waals surface area contributed by atoms with Crippen molar-refractivity contribution in [1.82, 2.24) is 10.3 Å². The van der Waals surface area contributed by atoms with Crippen LogP contribution in [0.15, 0.2) is 16.7 Å². The molecule has 5 heteroatoms. The molecule has 4 nitrogen and oxygen atoms in total. The summed E-state index contributed by atoms with van der Waals surface area (Å²) in [6.07, 6.45) is 1.65. The molecule has 1 aromatic heterocycles. The Morgan fingerprint density at radius 3 is 2.86 bits per heavy atom. The van der Waals surface area contributed by atoms with E-state index in [4.69, 9.17) is 4.74 Å². The summed E-state index contributed by atoms with van der Waals surface area (Å²) < 4.78 is 5.94. The predicted molar refractivity (Wildman–Crippen MR) is 55.3 cm³/mol. The maximum Gasteiger partial charge on any atom is 0.219 e. The molecule has 0 spiro atoms. The third-order valence-electron chi connectivity index (χ3n) is 2.35. The van der Waals surface area contributed by atoms with Gasteiger partial charge in [-0.25, -0.2) is 4.98 Å². The van der Waals surface area contributed by atoms with E-state index < -0.39 is 5.60 Å². The third-order valence-corrected chi connectivity index (χ3v) is 2.78. The Kier molecular flexibility index (Phi) is 2.47. The summed E-state index contributed by atoms with van der Waals surface area (Å²) in [5.41, 5.74) is -0.101. The van der Waals surface area contributed by atoms with Crippen molar-refractivity contribution in [3.05, 3.63) is 22.3 Å². The molecule has 1 fully saturated rings. The Morgan fingerprint density at radius 2 is 2.36 bits per heavy atom. The van der Waals surface area contributed by atoms with Crippen LogP contribution in [0, 0.1) is 0 Å². The van der Waals surface area contributed by atoms with E-state index in [1.165, 1.54) is 0 Å². The molecule has 1 aliphatic heterocycles. The first kappa shape index (κ1) is 9.89. The first-order valence-electron chi connectivity index (χ1n) is 4.29. The zero-order chi connectivity index (χ0) is 10.2. The zero-order valence-corrected chi connectivity index (χ0v) is 9.34. The topological polar surface area (TPSA) is 54.4 Å². The minimum atomic E-state index is -0.831. The fraction of sp³-hybridized carbons (Fsp3) is 0.444. The van der Waals surface area contributed by atoms with Crippen LogP contribution in [0.25, 0.3) is 0 Å². The van der Waals surface area contributed by atoms with Gasteiger partial charge in [0.15, 0.2) is 0 Å². The monoisotopic (exact) mass is 258 g/mol. The molecule has 14 heavy (non-hydrogen) atoms. The molecule has 2 heterocycles. The summed E-state index contributed by atoms with van der Waals surface area (Å²) in [6.45, 7) is 1.09. The smallest absolute Gasteiger partial charge is 0.219 e. The summed E-state index contributed by atoms with van der Waals surface area (Å²) in [4.78, 5) is 4.09. The van der Waals surface area contributed by atoms with Gasteiger partial charge in [-0.3, -0.25) is 0 Å². The predicted octanol–water partition coefficient (Wildman–Crippen LogP) is 0.643. The second kappa shape index (κ2) is 3.49. The van der Waals surface area contributed by atoms with E-state index in [-0.39, 0.29) is 0 Å². The highest BCUT2D eigenvalue weighted by Gasteiger charge is 2.39. The normalized spacial score (nSPS) is 18.8. The van der Waals surface area contributed by atoms with Crippen LogP contribution >= 0.6 is 15.9 Å². The lowest BCUT2D eigenvalue weighted by atomic mass is 9.89. The number of halogens is 1. The highest BCUT2D eigenvalue weighted by molar-refractivity contribution is 9.10. The zero-order valence-electron chi connectivity index (χ0n) is 7.75. The molecule has 2 rings (SSSR count). The first-order valence-corrected chi connectivity index (χ1v) is 5.08. The molecule has 0 radical (unpaired) electrons. The van der Waals surface area contributed by atoms with Gasteiger partial charge < -0.3 is 15.2 Å². The van der Waals surface area contributed by atoms with Crippen molar-refractivity contribution in [2.24, 2.45) is 0 Å². The van der Waals surface area contributed by atoms with Crippen molar-refractivity contribution in [3.8, 4) is 5.88 Å². The van der Waals surface area contributed by atoms with Crippen LogP contribution in [0.4, 0.5) is 0 Å². The average Bonchev–Trinajstić information content (AvgIpc) is 2.14. The van der Waals surface area contributed by atoms with Crippen LogP contribution in [0.5, 0.6) is 5.88 Å². The highest BCUT2D eigenvalue weighted by Crippen LogP contribution is 2.33. The van der Waals surface area contributed by atoms with Crippen molar-refractivity contribution >= 4 is 15.9 Å². The molecule has 76 valence electrons. The van der Waals surface area contributed by atoms with Gasteiger partial charge in [-0.1, -0.05) is 0 Å². The highest BCUT2D eigenvalue weighted by atomic mass is 79.9. The van der Waals surface area contributed by atoms with Crippen LogP contribution in [-0.4, -0.2) is 30.3 Å². The van der Waals surface area contributed by atoms with Crippen LogP contribution < -0.4 is 10.1 Å². The van der Waals surface area contributed by atoms with Crippen LogP contribution in [-0.2, 0) is 5.60 Å². The van der Waals surface area contributed by atoms with E-state index >= 15 is 0 Å². The Labute approximate surface area is 90.4 Å². The molecule has 2 N–H and O–H groups in total. The molecule has 0 aromatic carbocycles. The number of aromatic nitrogens is 1. The molecule has 1 saturated heterocycles. The van der Waals surface area contributed by atoms with E-state index in [0.717, 1.165) is 10.0 Å². The van der Waals surface area contributed by atoms with Crippen LogP contribution in [0.1, 0.15) is 5.56 Å². The molecule has 0 saturated carbocycles. The molecule has 0 unspecified atom stereocenters. The van der Waals surface area contributed by atoms with Gasteiger partial charge in [0.25, 0.3) is 0 Å². The lowest BCUT2D eigenvalue weighted by molar-refractivity contribution is -0.0170. The number of β-amino-alcohol motifs (C(OH)–C–C–N with tert-alkyl or cyclic N) is 1. The quantitative estimate of drug-likeness (QED) is 0.818. The summed E-state index contributed by atoms with van der Waals surface area (Å²) in [5.74, 6) is 0.484. The molecule has 0 aliphatic carbocycles. The Bertz CT molecular complexity index is 353. The summed E-state index contributed by atoms with van der Waals surface area (Å²) in [6, 6.07) is 1.84. The molecule has 0 atom stereocenters. The Balaban J connectivity index is 2.43. The molecule has 0 bridgehead atoms. The maximum atomic E-state index is 10.1. The van der Waals surface area contributed by atoms with Gasteiger partial charge >= 0.3 is 0 Å². The second-order valence-corrected chi connectivity index (χ2v) is 4.26. The van der Waals surface area contributed by atoms with Gasteiger partial charge in [0.2, 0.25) is 5.88 Å². The van der Waals surface area contributed by atoms with Crippen LogP contribution in [0.2, 0.25) is 0 Å². The van der Waals surface area contributed by atoms with E-state index in [1.54, 1.807) is 13.3 Å². The first-order chi connectivity index (χ1) is 6.65. The number of nitrogens with zero attached hydrogens (tertiary/aromatic N) is 1.